The molecule has 2 aliphatic rings. The van der Waals surface area contributed by atoms with Gasteiger partial charge in [-0.05, 0) is 18.4 Å². The molecule has 4 nitrogen and oxygen atoms in total. The lowest BCUT2D eigenvalue weighted by molar-refractivity contribution is -0.141. The van der Waals surface area contributed by atoms with Crippen molar-refractivity contribution in [2.75, 3.05) is 13.1 Å². The van der Waals surface area contributed by atoms with Gasteiger partial charge in [-0.25, -0.2) is 0 Å². The van der Waals surface area contributed by atoms with Crippen LogP contribution in [0.2, 0.25) is 0 Å². The van der Waals surface area contributed by atoms with E-state index >= 15 is 0 Å². The Hall–Kier alpha value is -1.39. The molecule has 0 spiro atoms. The third-order valence-corrected chi connectivity index (χ3v) is 3.78. The predicted octanol–water partition coefficient (Wildman–Crippen LogP) is 1.08. The Morgan fingerprint density at radius 3 is 2.44 bits per heavy atom. The van der Waals surface area contributed by atoms with Crippen LogP contribution in [0.1, 0.15) is 24.4 Å². The molecule has 2 unspecified atom stereocenters. The quantitative estimate of drug-likeness (QED) is 0.849. The molecule has 3 rings (SSSR count). The van der Waals surface area contributed by atoms with Gasteiger partial charge in [-0.15, -0.1) is 0 Å². The smallest absolute Gasteiger partial charge is 0.244 e. The number of benzene rings is 1. The largest absolute Gasteiger partial charge is 0.371 e. The van der Waals surface area contributed by atoms with Gasteiger partial charge in [0.1, 0.15) is 6.04 Å². The predicted molar refractivity (Wildman–Crippen MR) is 67.8 cm³/mol. The SMILES string of the molecule is N[C@H](C(=O)N1CC2CCC(C1)O2)c1ccccc1. The van der Waals surface area contributed by atoms with Crippen molar-refractivity contribution in [2.45, 2.75) is 31.1 Å². The number of amides is 1. The van der Waals surface area contributed by atoms with Crippen LogP contribution in [0.15, 0.2) is 30.3 Å². The number of nitrogens with two attached hydrogens (primary N) is 1. The van der Waals surface area contributed by atoms with Crippen molar-refractivity contribution in [2.24, 2.45) is 5.73 Å². The number of hydrogen-bond acceptors (Lipinski definition) is 3. The van der Waals surface area contributed by atoms with Crippen molar-refractivity contribution in [1.29, 1.82) is 0 Å². The third-order valence-electron chi connectivity index (χ3n) is 3.78. The number of nitrogens with zero attached hydrogens (tertiary/aromatic N) is 1. The summed E-state index contributed by atoms with van der Waals surface area (Å²) in [6.07, 6.45) is 2.57. The molecule has 0 radical (unpaired) electrons. The second-order valence-corrected chi connectivity index (χ2v) is 5.09. The zero-order valence-electron chi connectivity index (χ0n) is 10.3. The summed E-state index contributed by atoms with van der Waals surface area (Å²) in [6.45, 7) is 1.38. The van der Waals surface area contributed by atoms with Gasteiger partial charge >= 0.3 is 0 Å². The first-order valence-electron chi connectivity index (χ1n) is 6.49. The van der Waals surface area contributed by atoms with Crippen molar-refractivity contribution in [3.63, 3.8) is 0 Å². The number of carbonyl (C=O) groups excluding carboxylic acids is 1. The molecule has 0 saturated carbocycles. The molecule has 0 aromatic heterocycles. The van der Waals surface area contributed by atoms with E-state index in [1.165, 1.54) is 0 Å². The van der Waals surface area contributed by atoms with Crippen LogP contribution in [0.25, 0.3) is 0 Å². The summed E-state index contributed by atoms with van der Waals surface area (Å²) in [7, 11) is 0. The van der Waals surface area contributed by atoms with E-state index in [-0.39, 0.29) is 18.1 Å². The van der Waals surface area contributed by atoms with Gasteiger partial charge in [0.15, 0.2) is 0 Å². The molecular weight excluding hydrogens is 228 g/mol. The number of morpholine rings is 1. The highest BCUT2D eigenvalue weighted by molar-refractivity contribution is 5.83. The molecule has 2 saturated heterocycles. The fourth-order valence-corrected chi connectivity index (χ4v) is 2.79. The zero-order chi connectivity index (χ0) is 12.5. The van der Waals surface area contributed by atoms with E-state index in [9.17, 15) is 4.79 Å². The summed E-state index contributed by atoms with van der Waals surface area (Å²) < 4.78 is 5.73. The molecule has 3 atom stereocenters. The van der Waals surface area contributed by atoms with Crippen molar-refractivity contribution in [3.8, 4) is 0 Å². The Balaban J connectivity index is 1.71. The first-order valence-corrected chi connectivity index (χ1v) is 6.49. The summed E-state index contributed by atoms with van der Waals surface area (Å²) in [6, 6.07) is 8.99. The van der Waals surface area contributed by atoms with E-state index in [0.717, 1.165) is 18.4 Å². The molecule has 1 aromatic carbocycles. The number of hydrogen-bond donors (Lipinski definition) is 1. The van der Waals surface area contributed by atoms with Crippen LogP contribution in [0.4, 0.5) is 0 Å². The highest BCUT2D eigenvalue weighted by Gasteiger charge is 2.37. The summed E-state index contributed by atoms with van der Waals surface area (Å²) in [5.41, 5.74) is 6.92. The van der Waals surface area contributed by atoms with Crippen LogP contribution in [0.3, 0.4) is 0 Å². The molecule has 2 bridgehead atoms. The molecule has 18 heavy (non-hydrogen) atoms. The Morgan fingerprint density at radius 2 is 1.83 bits per heavy atom. The monoisotopic (exact) mass is 246 g/mol. The van der Waals surface area contributed by atoms with Crippen LogP contribution < -0.4 is 5.73 Å². The maximum atomic E-state index is 12.4. The van der Waals surface area contributed by atoms with Crippen molar-refractivity contribution < 1.29 is 9.53 Å². The Labute approximate surface area is 107 Å². The first kappa shape index (κ1) is 11.7. The fraction of sp³-hybridized carbons (Fsp3) is 0.500. The van der Waals surface area contributed by atoms with Gasteiger partial charge in [0, 0.05) is 13.1 Å². The molecule has 2 heterocycles. The molecular formula is C14H18N2O2. The molecule has 96 valence electrons. The van der Waals surface area contributed by atoms with Crippen molar-refractivity contribution >= 4 is 5.91 Å². The lowest BCUT2D eigenvalue weighted by Gasteiger charge is -2.33. The summed E-state index contributed by atoms with van der Waals surface area (Å²) in [5.74, 6) is 0.0152. The lowest BCUT2D eigenvalue weighted by Crippen LogP contribution is -2.48. The van der Waals surface area contributed by atoms with E-state index in [0.29, 0.717) is 13.1 Å². The second-order valence-electron chi connectivity index (χ2n) is 5.09. The number of likely N-dealkylation sites (tertiary alicyclic amines) is 1. The van der Waals surface area contributed by atoms with Gasteiger partial charge in [0.2, 0.25) is 5.91 Å². The molecule has 4 heteroatoms. The van der Waals surface area contributed by atoms with E-state index in [1.807, 2.05) is 35.2 Å². The Bertz CT molecular complexity index is 423. The van der Waals surface area contributed by atoms with Crippen molar-refractivity contribution in [3.05, 3.63) is 35.9 Å². The summed E-state index contributed by atoms with van der Waals surface area (Å²) in [4.78, 5) is 14.2. The van der Waals surface area contributed by atoms with E-state index < -0.39 is 6.04 Å². The van der Waals surface area contributed by atoms with Crippen LogP contribution >= 0.6 is 0 Å². The molecule has 2 aliphatic heterocycles. The summed E-state index contributed by atoms with van der Waals surface area (Å²) >= 11 is 0. The lowest BCUT2D eigenvalue weighted by atomic mass is 10.1. The number of carbonyl (C=O) groups is 1. The Morgan fingerprint density at radius 1 is 1.22 bits per heavy atom. The molecule has 2 fully saturated rings. The minimum atomic E-state index is -0.552. The second kappa shape index (κ2) is 4.71. The van der Waals surface area contributed by atoms with Gasteiger partial charge in [-0.1, -0.05) is 30.3 Å². The van der Waals surface area contributed by atoms with Crippen LogP contribution in [-0.4, -0.2) is 36.1 Å². The van der Waals surface area contributed by atoms with E-state index in [2.05, 4.69) is 0 Å². The topological polar surface area (TPSA) is 55.6 Å². The average molecular weight is 246 g/mol. The van der Waals surface area contributed by atoms with Gasteiger partial charge in [-0.3, -0.25) is 4.79 Å². The van der Waals surface area contributed by atoms with Crippen LogP contribution in [0.5, 0.6) is 0 Å². The summed E-state index contributed by atoms with van der Waals surface area (Å²) in [5, 5.41) is 0. The highest BCUT2D eigenvalue weighted by atomic mass is 16.5. The zero-order valence-corrected chi connectivity index (χ0v) is 10.3. The van der Waals surface area contributed by atoms with Gasteiger partial charge < -0.3 is 15.4 Å². The number of fused-ring (bicyclic) bond motifs is 2. The van der Waals surface area contributed by atoms with Gasteiger partial charge in [0.05, 0.1) is 12.2 Å². The van der Waals surface area contributed by atoms with E-state index in [4.69, 9.17) is 10.5 Å². The van der Waals surface area contributed by atoms with E-state index in [1.54, 1.807) is 0 Å². The standard InChI is InChI=1S/C14H18N2O2/c15-13(10-4-2-1-3-5-10)14(17)16-8-11-6-7-12(9-16)18-11/h1-5,11-13H,6-9,15H2/t11?,12?,13-/m0/s1. The highest BCUT2D eigenvalue weighted by Crippen LogP contribution is 2.27. The maximum absolute atomic E-state index is 12.4. The van der Waals surface area contributed by atoms with Crippen molar-refractivity contribution in [1.82, 2.24) is 4.90 Å². The van der Waals surface area contributed by atoms with Gasteiger partial charge in [-0.2, -0.15) is 0 Å². The molecule has 0 aliphatic carbocycles. The van der Waals surface area contributed by atoms with Crippen LogP contribution in [0, 0.1) is 0 Å². The minimum Gasteiger partial charge on any atom is -0.371 e. The Kier molecular flexibility index (Phi) is 3.06. The maximum Gasteiger partial charge on any atom is 0.244 e. The van der Waals surface area contributed by atoms with Crippen LogP contribution in [-0.2, 0) is 9.53 Å². The average Bonchev–Trinajstić information content (AvgIpc) is 2.77. The first-order chi connectivity index (χ1) is 8.74. The number of rotatable bonds is 2. The minimum absolute atomic E-state index is 0.0152. The molecule has 1 aromatic rings. The third kappa shape index (κ3) is 2.13. The normalized spacial score (nSPS) is 28.2. The molecule has 1 amide bonds. The number of ether oxygens (including phenoxy) is 1. The fourth-order valence-electron chi connectivity index (χ4n) is 2.79. The van der Waals surface area contributed by atoms with Gasteiger partial charge in [0.25, 0.3) is 0 Å². The molecule has 2 N–H and O–H groups in total.